The fraction of sp³-hybridized carbons (Fsp3) is 0.333. The number of amides is 1. The van der Waals surface area contributed by atoms with Gasteiger partial charge in [0.25, 0.3) is 5.91 Å². The summed E-state index contributed by atoms with van der Waals surface area (Å²) in [6.07, 6.45) is 2.52. The van der Waals surface area contributed by atoms with Gasteiger partial charge in [-0.1, -0.05) is 42.8 Å². The van der Waals surface area contributed by atoms with Gasteiger partial charge >= 0.3 is 0 Å². The van der Waals surface area contributed by atoms with Gasteiger partial charge in [-0.15, -0.1) is 11.3 Å². The number of likely N-dealkylation sites (N-methyl/N-ethyl adjacent to an activating group) is 1. The largest absolute Gasteiger partial charge is 0.365 e. The van der Waals surface area contributed by atoms with E-state index in [9.17, 15) is 4.79 Å². The van der Waals surface area contributed by atoms with Crippen molar-refractivity contribution in [3.05, 3.63) is 81.4 Å². The zero-order valence-corrected chi connectivity index (χ0v) is 21.6. The second-order valence-corrected chi connectivity index (χ2v) is 10.9. The summed E-state index contributed by atoms with van der Waals surface area (Å²) in [5, 5.41) is 1.68. The molecule has 0 spiro atoms. The van der Waals surface area contributed by atoms with Crippen molar-refractivity contribution in [1.29, 1.82) is 0 Å². The van der Waals surface area contributed by atoms with Crippen molar-refractivity contribution in [1.82, 2.24) is 19.4 Å². The molecule has 1 unspecified atom stereocenters. The van der Waals surface area contributed by atoms with E-state index in [0.29, 0.717) is 11.3 Å². The molecule has 5 rings (SSSR count). The maximum Gasteiger partial charge on any atom is 0.259 e. The first kappa shape index (κ1) is 24.0. The maximum absolute atomic E-state index is 12.3. The van der Waals surface area contributed by atoms with Crippen LogP contribution in [0.25, 0.3) is 16.0 Å². The molecule has 0 bridgehead atoms. The van der Waals surface area contributed by atoms with Crippen LogP contribution in [0.3, 0.4) is 0 Å². The highest BCUT2D eigenvalue weighted by Crippen LogP contribution is 2.34. The first-order valence-corrected chi connectivity index (χ1v) is 13.1. The van der Waals surface area contributed by atoms with Gasteiger partial charge in [-0.05, 0) is 60.3 Å². The fourth-order valence-electron chi connectivity index (χ4n) is 4.80. The highest BCUT2D eigenvalue weighted by atomic mass is 35.5. The number of carbonyl (C=O) groups excluding carboxylic acids is 1. The van der Waals surface area contributed by atoms with E-state index in [0.717, 1.165) is 64.9 Å². The van der Waals surface area contributed by atoms with Crippen LogP contribution in [0.15, 0.2) is 54.9 Å². The van der Waals surface area contributed by atoms with Crippen molar-refractivity contribution in [2.75, 3.05) is 33.2 Å². The molecule has 2 aromatic heterocycles. The Morgan fingerprint density at radius 2 is 1.91 bits per heavy atom. The summed E-state index contributed by atoms with van der Waals surface area (Å²) in [4.78, 5) is 22.4. The zero-order chi connectivity index (χ0) is 24.5. The van der Waals surface area contributed by atoms with Crippen molar-refractivity contribution >= 4 is 39.9 Å². The molecule has 1 aliphatic rings. The van der Waals surface area contributed by atoms with Gasteiger partial charge in [-0.2, -0.15) is 0 Å². The number of imidazole rings is 1. The number of nitrogens with two attached hydrogens (primary N) is 1. The van der Waals surface area contributed by atoms with Crippen molar-refractivity contribution in [2.24, 2.45) is 5.73 Å². The number of thiophene rings is 1. The number of hydrogen-bond donors (Lipinski definition) is 1. The Morgan fingerprint density at radius 3 is 2.66 bits per heavy atom. The van der Waals surface area contributed by atoms with E-state index in [4.69, 9.17) is 17.3 Å². The maximum atomic E-state index is 12.3. The van der Waals surface area contributed by atoms with Crippen molar-refractivity contribution in [3.8, 4) is 5.00 Å². The van der Waals surface area contributed by atoms with Crippen molar-refractivity contribution < 1.29 is 4.79 Å². The topological polar surface area (TPSA) is 67.4 Å². The smallest absolute Gasteiger partial charge is 0.259 e. The average molecular weight is 508 g/mol. The summed E-state index contributed by atoms with van der Waals surface area (Å²) in [6.45, 7) is 7.40. The molecule has 1 atom stereocenters. The van der Waals surface area contributed by atoms with Crippen LogP contribution in [0.1, 0.15) is 39.2 Å². The van der Waals surface area contributed by atoms with Crippen LogP contribution in [0.4, 0.5) is 0 Å². The van der Waals surface area contributed by atoms with Crippen LogP contribution in [-0.4, -0.2) is 58.5 Å². The Morgan fingerprint density at radius 1 is 1.14 bits per heavy atom. The summed E-state index contributed by atoms with van der Waals surface area (Å²) in [5.74, 6) is -0.248. The van der Waals surface area contributed by atoms with Crippen LogP contribution in [0, 0.1) is 0 Å². The second-order valence-electron chi connectivity index (χ2n) is 9.45. The Bertz CT molecular complexity index is 1350. The lowest BCUT2D eigenvalue weighted by Gasteiger charge is -2.32. The van der Waals surface area contributed by atoms with Gasteiger partial charge in [-0.3, -0.25) is 14.3 Å². The number of hydrogen-bond acceptors (Lipinski definition) is 5. The Kier molecular flexibility index (Phi) is 6.93. The molecule has 35 heavy (non-hydrogen) atoms. The first-order chi connectivity index (χ1) is 16.9. The molecule has 182 valence electrons. The minimum atomic E-state index is -0.400. The van der Waals surface area contributed by atoms with Gasteiger partial charge in [0, 0.05) is 37.7 Å². The number of aromatic nitrogens is 2. The summed E-state index contributed by atoms with van der Waals surface area (Å²) >= 11 is 7.85. The van der Waals surface area contributed by atoms with Crippen LogP contribution in [-0.2, 0) is 13.0 Å². The monoisotopic (exact) mass is 507 g/mol. The molecule has 8 heteroatoms. The van der Waals surface area contributed by atoms with Crippen LogP contribution < -0.4 is 5.73 Å². The minimum absolute atomic E-state index is 0.152. The van der Waals surface area contributed by atoms with Crippen molar-refractivity contribution in [2.45, 2.75) is 25.8 Å². The number of nitrogens with zero attached hydrogens (tertiary/aromatic N) is 4. The van der Waals surface area contributed by atoms with Gasteiger partial charge in [0.2, 0.25) is 0 Å². The molecule has 0 aliphatic carbocycles. The van der Waals surface area contributed by atoms with E-state index in [-0.39, 0.29) is 5.92 Å². The average Bonchev–Trinajstić information content (AvgIpc) is 3.44. The highest BCUT2D eigenvalue weighted by molar-refractivity contribution is 7.16. The van der Waals surface area contributed by atoms with E-state index < -0.39 is 5.91 Å². The molecule has 0 radical (unpaired) electrons. The number of halogens is 1. The molecule has 3 heterocycles. The van der Waals surface area contributed by atoms with Crippen LogP contribution >= 0.6 is 22.9 Å². The fourth-order valence-corrected chi connectivity index (χ4v) is 6.15. The molecule has 2 aromatic carbocycles. The van der Waals surface area contributed by atoms with Gasteiger partial charge in [-0.25, -0.2) is 4.98 Å². The van der Waals surface area contributed by atoms with E-state index in [1.54, 1.807) is 0 Å². The lowest BCUT2D eigenvalue weighted by atomic mass is 9.94. The molecule has 1 amide bonds. The predicted molar refractivity (Wildman–Crippen MR) is 144 cm³/mol. The Hall–Kier alpha value is -2.71. The van der Waals surface area contributed by atoms with Crippen molar-refractivity contribution in [3.63, 3.8) is 0 Å². The molecule has 4 aromatic rings. The van der Waals surface area contributed by atoms with E-state index >= 15 is 0 Å². The third-order valence-corrected chi connectivity index (χ3v) is 8.37. The summed E-state index contributed by atoms with van der Waals surface area (Å²) < 4.78 is 2.07. The van der Waals surface area contributed by atoms with Crippen LogP contribution in [0.5, 0.6) is 0 Å². The molecule has 0 saturated carbocycles. The number of rotatable bonds is 7. The lowest BCUT2D eigenvalue weighted by Crippen LogP contribution is -2.43. The number of carbonyl (C=O) groups is 1. The van der Waals surface area contributed by atoms with Crippen LogP contribution in [0.2, 0.25) is 5.02 Å². The lowest BCUT2D eigenvalue weighted by molar-refractivity contribution is 0.100. The quantitative estimate of drug-likeness (QED) is 0.385. The van der Waals surface area contributed by atoms with E-state index in [1.807, 2.05) is 30.6 Å². The molecular weight excluding hydrogens is 478 g/mol. The van der Waals surface area contributed by atoms with Gasteiger partial charge in [0.05, 0.1) is 15.9 Å². The molecule has 6 nitrogen and oxygen atoms in total. The molecule has 1 fully saturated rings. The predicted octanol–water partition coefficient (Wildman–Crippen LogP) is 4.93. The number of piperazine rings is 1. The minimum Gasteiger partial charge on any atom is -0.365 e. The molecular formula is C27H30ClN5OS. The Labute approximate surface area is 214 Å². The SMILES string of the molecule is CC(Cc1cc(-n2cnc3ccc(CN4CCN(C)CC4)cc32)sc1C(N)=O)c1ccccc1Cl. The highest BCUT2D eigenvalue weighted by Gasteiger charge is 2.20. The summed E-state index contributed by atoms with van der Waals surface area (Å²) in [6, 6.07) is 16.4. The van der Waals surface area contributed by atoms with Gasteiger partial charge < -0.3 is 10.6 Å². The molecule has 1 saturated heterocycles. The number of fused-ring (bicyclic) bond motifs is 1. The zero-order valence-electron chi connectivity index (χ0n) is 20.1. The van der Waals surface area contributed by atoms with E-state index in [1.165, 1.54) is 16.9 Å². The Balaban J connectivity index is 1.44. The third kappa shape index (κ3) is 5.14. The van der Waals surface area contributed by atoms with E-state index in [2.05, 4.69) is 57.6 Å². The molecule has 2 N–H and O–H groups in total. The normalized spacial score (nSPS) is 16.1. The molecule has 1 aliphatic heterocycles. The van der Waals surface area contributed by atoms with Gasteiger partial charge in [0.15, 0.2) is 0 Å². The summed E-state index contributed by atoms with van der Waals surface area (Å²) in [5.41, 5.74) is 11.0. The standard InChI is InChI=1S/C27H30ClN5OS/c1-18(21-5-3-4-6-22(21)28)13-20-15-25(35-26(20)27(29)34)33-17-30-23-8-7-19(14-24(23)33)16-32-11-9-31(2)10-12-32/h3-8,14-15,17-18H,9-13,16H2,1-2H3,(H2,29,34). The summed E-state index contributed by atoms with van der Waals surface area (Å²) in [7, 11) is 2.17. The second kappa shape index (κ2) is 10.1. The number of primary amides is 1. The number of benzene rings is 2. The first-order valence-electron chi connectivity index (χ1n) is 11.9. The van der Waals surface area contributed by atoms with Gasteiger partial charge in [0.1, 0.15) is 11.3 Å². The third-order valence-electron chi connectivity index (χ3n) is 6.83.